The van der Waals surface area contributed by atoms with Gasteiger partial charge in [0.05, 0.1) is 17.1 Å². The summed E-state index contributed by atoms with van der Waals surface area (Å²) in [6.07, 6.45) is 2.05. The molecule has 126 valence electrons. The van der Waals surface area contributed by atoms with Crippen LogP contribution >= 0.6 is 0 Å². The summed E-state index contributed by atoms with van der Waals surface area (Å²) >= 11 is 0. The average molecular weight is 326 g/mol. The van der Waals surface area contributed by atoms with Crippen LogP contribution in [0.4, 0.5) is 5.69 Å². The molecule has 0 radical (unpaired) electrons. The molecule has 2 heterocycles. The summed E-state index contributed by atoms with van der Waals surface area (Å²) < 4.78 is 2.17. The number of hydrogen-bond acceptors (Lipinski definition) is 4. The molecule has 1 unspecified atom stereocenters. The molecule has 0 aliphatic carbocycles. The Morgan fingerprint density at radius 3 is 2.83 bits per heavy atom. The van der Waals surface area contributed by atoms with Crippen LogP contribution in [0.5, 0.6) is 0 Å². The topological polar surface area (TPSA) is 102 Å². The van der Waals surface area contributed by atoms with E-state index in [4.69, 9.17) is 5.73 Å². The number of nitrogens with zero attached hydrogens (tertiary/aromatic N) is 3. The van der Waals surface area contributed by atoms with Crippen molar-refractivity contribution in [1.29, 1.82) is 0 Å². The lowest BCUT2D eigenvalue weighted by Crippen LogP contribution is -2.37. The molecule has 0 aliphatic heterocycles. The molecule has 7 heteroatoms. The first kappa shape index (κ1) is 16.2. The standard InChI is InChI=1S/C17H22N6O/c1-10(2)23-11(3)20-15-9-12(4-5-16(15)23)21-17(24)14(18)8-13-6-7-19-22-13/h4-7,9-10,14H,8,18H2,1-3H3,(H,19,22)(H,21,24). The normalized spacial score (nSPS) is 12.7. The fraction of sp³-hybridized carbons (Fsp3) is 0.353. The molecule has 0 saturated carbocycles. The first-order chi connectivity index (χ1) is 11.5. The van der Waals surface area contributed by atoms with Gasteiger partial charge in [-0.2, -0.15) is 5.10 Å². The molecule has 0 spiro atoms. The molecule has 24 heavy (non-hydrogen) atoms. The number of nitrogens with one attached hydrogen (secondary N) is 2. The SMILES string of the molecule is Cc1nc2cc(NC(=O)C(N)Cc3ccn[nH]3)ccc2n1C(C)C. The van der Waals surface area contributed by atoms with Gasteiger partial charge in [0, 0.05) is 30.0 Å². The van der Waals surface area contributed by atoms with Crippen molar-refractivity contribution in [1.82, 2.24) is 19.7 Å². The zero-order valence-corrected chi connectivity index (χ0v) is 14.1. The second-order valence-corrected chi connectivity index (χ2v) is 6.21. The molecule has 0 saturated heterocycles. The zero-order valence-electron chi connectivity index (χ0n) is 14.1. The van der Waals surface area contributed by atoms with Gasteiger partial charge in [-0.05, 0) is 45.0 Å². The Labute approximate surface area is 140 Å². The fourth-order valence-corrected chi connectivity index (χ4v) is 2.91. The van der Waals surface area contributed by atoms with E-state index in [1.807, 2.05) is 25.1 Å². The molecule has 1 atom stereocenters. The van der Waals surface area contributed by atoms with Crippen LogP contribution in [0.1, 0.15) is 31.4 Å². The highest BCUT2D eigenvalue weighted by Gasteiger charge is 2.16. The third-order valence-corrected chi connectivity index (χ3v) is 3.98. The van der Waals surface area contributed by atoms with E-state index in [2.05, 4.69) is 38.9 Å². The number of rotatable bonds is 5. The van der Waals surface area contributed by atoms with Gasteiger partial charge in [-0.1, -0.05) is 0 Å². The molecule has 7 nitrogen and oxygen atoms in total. The van der Waals surface area contributed by atoms with Crippen molar-refractivity contribution in [2.75, 3.05) is 5.32 Å². The molecule has 4 N–H and O–H groups in total. The highest BCUT2D eigenvalue weighted by Crippen LogP contribution is 2.23. The highest BCUT2D eigenvalue weighted by molar-refractivity contribution is 5.96. The van der Waals surface area contributed by atoms with Gasteiger partial charge >= 0.3 is 0 Å². The maximum atomic E-state index is 12.3. The van der Waals surface area contributed by atoms with E-state index in [-0.39, 0.29) is 5.91 Å². The number of hydrogen-bond donors (Lipinski definition) is 3. The summed E-state index contributed by atoms with van der Waals surface area (Å²) in [4.78, 5) is 16.8. The van der Waals surface area contributed by atoms with Crippen LogP contribution < -0.4 is 11.1 Å². The van der Waals surface area contributed by atoms with Crippen molar-refractivity contribution in [2.24, 2.45) is 5.73 Å². The maximum Gasteiger partial charge on any atom is 0.241 e. The van der Waals surface area contributed by atoms with Gasteiger partial charge in [0.1, 0.15) is 5.82 Å². The number of carbonyl (C=O) groups is 1. The molecular weight excluding hydrogens is 304 g/mol. The lowest BCUT2D eigenvalue weighted by Gasteiger charge is -2.12. The predicted molar refractivity (Wildman–Crippen MR) is 93.8 cm³/mol. The van der Waals surface area contributed by atoms with Gasteiger partial charge in [0.2, 0.25) is 5.91 Å². The monoisotopic (exact) mass is 326 g/mol. The minimum Gasteiger partial charge on any atom is -0.326 e. The summed E-state index contributed by atoms with van der Waals surface area (Å²) in [5, 5.41) is 9.52. The highest BCUT2D eigenvalue weighted by atomic mass is 16.2. The largest absolute Gasteiger partial charge is 0.326 e. The minimum absolute atomic E-state index is 0.232. The van der Waals surface area contributed by atoms with Gasteiger partial charge in [0.25, 0.3) is 0 Å². The van der Waals surface area contributed by atoms with Crippen molar-refractivity contribution in [3.8, 4) is 0 Å². The fourth-order valence-electron chi connectivity index (χ4n) is 2.91. The molecule has 3 aromatic rings. The number of amides is 1. The zero-order chi connectivity index (χ0) is 17.3. The number of fused-ring (bicyclic) bond motifs is 1. The molecule has 2 aromatic heterocycles. The van der Waals surface area contributed by atoms with E-state index in [1.54, 1.807) is 12.3 Å². The Morgan fingerprint density at radius 2 is 2.17 bits per heavy atom. The van der Waals surface area contributed by atoms with Crippen molar-refractivity contribution in [2.45, 2.75) is 39.3 Å². The Balaban J connectivity index is 1.76. The van der Waals surface area contributed by atoms with Crippen LogP contribution in [-0.2, 0) is 11.2 Å². The van der Waals surface area contributed by atoms with Gasteiger partial charge in [-0.15, -0.1) is 0 Å². The summed E-state index contributed by atoms with van der Waals surface area (Å²) in [6, 6.07) is 7.23. The third-order valence-electron chi connectivity index (χ3n) is 3.98. The van der Waals surface area contributed by atoms with Gasteiger partial charge in [0.15, 0.2) is 0 Å². The van der Waals surface area contributed by atoms with Crippen LogP contribution in [0, 0.1) is 6.92 Å². The van der Waals surface area contributed by atoms with Crippen molar-refractivity contribution in [3.05, 3.63) is 42.0 Å². The number of aromatic nitrogens is 4. The number of imidazole rings is 1. The van der Waals surface area contributed by atoms with Crippen LogP contribution in [-0.4, -0.2) is 31.7 Å². The molecule has 0 bridgehead atoms. The Kier molecular flexibility index (Phi) is 4.35. The van der Waals surface area contributed by atoms with E-state index in [0.29, 0.717) is 18.2 Å². The predicted octanol–water partition coefficient (Wildman–Crippen LogP) is 2.16. The number of nitrogens with two attached hydrogens (primary N) is 1. The number of carbonyl (C=O) groups excluding carboxylic acids is 1. The first-order valence-electron chi connectivity index (χ1n) is 7.99. The lowest BCUT2D eigenvalue weighted by atomic mass is 10.1. The Bertz CT molecular complexity index is 849. The maximum absolute atomic E-state index is 12.3. The van der Waals surface area contributed by atoms with Crippen molar-refractivity contribution >= 4 is 22.6 Å². The number of anilines is 1. The van der Waals surface area contributed by atoms with Crippen LogP contribution in [0.15, 0.2) is 30.5 Å². The molecular formula is C17H22N6O. The quantitative estimate of drug-likeness (QED) is 0.668. The van der Waals surface area contributed by atoms with Gasteiger partial charge in [-0.25, -0.2) is 4.98 Å². The van der Waals surface area contributed by atoms with Crippen LogP contribution in [0.3, 0.4) is 0 Å². The summed E-state index contributed by atoms with van der Waals surface area (Å²) in [5.41, 5.74) is 9.41. The summed E-state index contributed by atoms with van der Waals surface area (Å²) in [5.74, 6) is 0.725. The lowest BCUT2D eigenvalue weighted by molar-refractivity contribution is -0.117. The number of aromatic amines is 1. The molecule has 0 aliphatic rings. The number of benzene rings is 1. The summed E-state index contributed by atoms with van der Waals surface area (Å²) in [6.45, 7) is 6.23. The van der Waals surface area contributed by atoms with Gasteiger partial charge in [-0.3, -0.25) is 9.89 Å². The Hall–Kier alpha value is -2.67. The van der Waals surface area contributed by atoms with E-state index >= 15 is 0 Å². The molecule has 1 aromatic carbocycles. The van der Waals surface area contributed by atoms with Crippen LogP contribution in [0.25, 0.3) is 11.0 Å². The van der Waals surface area contributed by atoms with E-state index in [9.17, 15) is 4.79 Å². The smallest absolute Gasteiger partial charge is 0.241 e. The molecule has 1 amide bonds. The number of aryl methyl sites for hydroxylation is 1. The minimum atomic E-state index is -0.642. The second kappa shape index (κ2) is 6.45. The van der Waals surface area contributed by atoms with E-state index in [1.165, 1.54) is 0 Å². The van der Waals surface area contributed by atoms with Crippen molar-refractivity contribution < 1.29 is 4.79 Å². The second-order valence-electron chi connectivity index (χ2n) is 6.21. The third kappa shape index (κ3) is 3.16. The Morgan fingerprint density at radius 1 is 1.38 bits per heavy atom. The van der Waals surface area contributed by atoms with Crippen molar-refractivity contribution in [3.63, 3.8) is 0 Å². The summed E-state index contributed by atoms with van der Waals surface area (Å²) in [7, 11) is 0. The van der Waals surface area contributed by atoms with E-state index < -0.39 is 6.04 Å². The first-order valence-corrected chi connectivity index (χ1v) is 7.99. The average Bonchev–Trinajstić information content (AvgIpc) is 3.13. The molecule has 0 fully saturated rings. The van der Waals surface area contributed by atoms with E-state index in [0.717, 1.165) is 22.6 Å². The van der Waals surface area contributed by atoms with Gasteiger partial charge < -0.3 is 15.6 Å². The number of H-pyrrole nitrogens is 1. The van der Waals surface area contributed by atoms with Crippen LogP contribution in [0.2, 0.25) is 0 Å². The molecule has 3 rings (SSSR count).